The van der Waals surface area contributed by atoms with Crippen LogP contribution in [0.15, 0.2) is 4.99 Å². The van der Waals surface area contributed by atoms with Gasteiger partial charge in [0, 0.05) is 17.8 Å². The van der Waals surface area contributed by atoms with E-state index in [9.17, 15) is 0 Å². The first-order valence-corrected chi connectivity index (χ1v) is 8.63. The van der Waals surface area contributed by atoms with E-state index < -0.39 is 0 Å². The maximum absolute atomic E-state index is 4.88. The maximum atomic E-state index is 4.88. The van der Waals surface area contributed by atoms with Crippen molar-refractivity contribution < 1.29 is 0 Å². The summed E-state index contributed by atoms with van der Waals surface area (Å²) in [5, 5.41) is 4.86. The van der Waals surface area contributed by atoms with Crippen molar-refractivity contribution in [3.05, 3.63) is 0 Å². The summed E-state index contributed by atoms with van der Waals surface area (Å²) in [5.74, 6) is 1.18. The fourth-order valence-corrected chi connectivity index (χ4v) is 4.14. The summed E-state index contributed by atoms with van der Waals surface area (Å²) in [7, 11) is 2.22. The number of hydrogen-bond acceptors (Lipinski definition) is 3. The molecular formula is C15H29N3S. The van der Waals surface area contributed by atoms with E-state index in [1.165, 1.54) is 49.7 Å². The Kier molecular flexibility index (Phi) is 4.83. The van der Waals surface area contributed by atoms with Crippen molar-refractivity contribution in [2.24, 2.45) is 10.4 Å². The van der Waals surface area contributed by atoms with Gasteiger partial charge in [0.15, 0.2) is 5.17 Å². The zero-order chi connectivity index (χ0) is 13.9. The second-order valence-corrected chi connectivity index (χ2v) is 7.60. The summed E-state index contributed by atoms with van der Waals surface area (Å²) in [4.78, 5) is 7.31. The lowest BCUT2D eigenvalue weighted by atomic mass is 9.80. The minimum Gasteiger partial charge on any atom is -0.359 e. The molecule has 2 aliphatic rings. The largest absolute Gasteiger partial charge is 0.359 e. The third-order valence-electron chi connectivity index (χ3n) is 5.01. The highest BCUT2D eigenvalue weighted by Crippen LogP contribution is 2.33. The van der Waals surface area contributed by atoms with E-state index in [0.29, 0.717) is 11.0 Å². The average Bonchev–Trinajstić information content (AvgIpc) is 2.85. The Morgan fingerprint density at radius 2 is 1.89 bits per heavy atom. The SMILES string of the molecule is CCC1(CC)CSC(=NCC2(C)CCN(C)CC2)N1. The van der Waals surface area contributed by atoms with Gasteiger partial charge in [-0.1, -0.05) is 32.5 Å². The molecule has 0 aliphatic carbocycles. The van der Waals surface area contributed by atoms with Crippen LogP contribution in [0.4, 0.5) is 0 Å². The molecule has 19 heavy (non-hydrogen) atoms. The maximum Gasteiger partial charge on any atom is 0.157 e. The van der Waals surface area contributed by atoms with Gasteiger partial charge in [-0.25, -0.2) is 0 Å². The molecule has 0 bridgehead atoms. The van der Waals surface area contributed by atoms with Crippen LogP contribution in [0.5, 0.6) is 0 Å². The van der Waals surface area contributed by atoms with Crippen molar-refractivity contribution in [1.29, 1.82) is 0 Å². The van der Waals surface area contributed by atoms with Crippen molar-refractivity contribution in [3.63, 3.8) is 0 Å². The van der Waals surface area contributed by atoms with Crippen LogP contribution in [-0.2, 0) is 0 Å². The van der Waals surface area contributed by atoms with E-state index in [-0.39, 0.29) is 0 Å². The molecule has 0 unspecified atom stereocenters. The molecule has 0 spiro atoms. The lowest BCUT2D eigenvalue weighted by molar-refractivity contribution is 0.147. The molecule has 0 saturated carbocycles. The fraction of sp³-hybridized carbons (Fsp3) is 0.933. The third kappa shape index (κ3) is 3.66. The minimum atomic E-state index is 0.303. The predicted octanol–water partition coefficient (Wildman–Crippen LogP) is 2.97. The number of nitrogens with one attached hydrogen (secondary N) is 1. The molecule has 0 aromatic heterocycles. The van der Waals surface area contributed by atoms with Gasteiger partial charge in [-0.2, -0.15) is 0 Å². The lowest BCUT2D eigenvalue weighted by Gasteiger charge is -2.36. The molecule has 0 aromatic carbocycles. The van der Waals surface area contributed by atoms with Crippen molar-refractivity contribution in [3.8, 4) is 0 Å². The van der Waals surface area contributed by atoms with Crippen molar-refractivity contribution in [2.75, 3.05) is 32.4 Å². The van der Waals surface area contributed by atoms with E-state index in [1.54, 1.807) is 0 Å². The van der Waals surface area contributed by atoms with Gasteiger partial charge in [0.05, 0.1) is 0 Å². The average molecular weight is 283 g/mol. The Labute approximate surface area is 122 Å². The predicted molar refractivity (Wildman–Crippen MR) is 86.0 cm³/mol. The molecule has 110 valence electrons. The van der Waals surface area contributed by atoms with Crippen molar-refractivity contribution >= 4 is 16.9 Å². The minimum absolute atomic E-state index is 0.303. The molecule has 0 amide bonds. The molecule has 2 heterocycles. The van der Waals surface area contributed by atoms with Crippen LogP contribution in [-0.4, -0.2) is 48.0 Å². The zero-order valence-electron chi connectivity index (χ0n) is 13.0. The van der Waals surface area contributed by atoms with Crippen LogP contribution in [0.2, 0.25) is 0 Å². The molecule has 2 saturated heterocycles. The summed E-state index contributed by atoms with van der Waals surface area (Å²) in [6, 6.07) is 0. The van der Waals surface area contributed by atoms with Gasteiger partial charge in [-0.3, -0.25) is 4.99 Å². The molecule has 3 nitrogen and oxygen atoms in total. The standard InChI is InChI=1S/C15H29N3S/c1-5-15(6-2)12-19-13(17-15)16-11-14(3)7-9-18(4)10-8-14/h5-12H2,1-4H3,(H,16,17). The van der Waals surface area contributed by atoms with Gasteiger partial charge in [0.2, 0.25) is 0 Å². The first kappa shape index (κ1) is 15.2. The van der Waals surface area contributed by atoms with Crippen LogP contribution in [0.1, 0.15) is 46.5 Å². The Morgan fingerprint density at radius 1 is 1.26 bits per heavy atom. The highest BCUT2D eigenvalue weighted by atomic mass is 32.2. The van der Waals surface area contributed by atoms with Crippen molar-refractivity contribution in [1.82, 2.24) is 10.2 Å². The second kappa shape index (κ2) is 6.04. The summed E-state index contributed by atoms with van der Waals surface area (Å²) in [6.45, 7) is 10.4. The van der Waals surface area contributed by atoms with Crippen molar-refractivity contribution in [2.45, 2.75) is 52.0 Å². The first-order chi connectivity index (χ1) is 9.01. The number of nitrogens with zero attached hydrogens (tertiary/aromatic N) is 2. The number of amidine groups is 1. The number of thioether (sulfide) groups is 1. The van der Waals surface area contributed by atoms with Crippen LogP contribution in [0, 0.1) is 5.41 Å². The smallest absolute Gasteiger partial charge is 0.157 e. The molecule has 0 atom stereocenters. The zero-order valence-corrected chi connectivity index (χ0v) is 13.8. The monoisotopic (exact) mass is 283 g/mol. The Bertz CT molecular complexity index is 328. The van der Waals surface area contributed by atoms with Gasteiger partial charge in [0.25, 0.3) is 0 Å². The van der Waals surface area contributed by atoms with Gasteiger partial charge in [-0.05, 0) is 51.2 Å². The van der Waals surface area contributed by atoms with Gasteiger partial charge in [0.1, 0.15) is 0 Å². The summed E-state index contributed by atoms with van der Waals surface area (Å²) in [6.07, 6.45) is 4.93. The highest BCUT2D eigenvalue weighted by Gasteiger charge is 2.34. The van der Waals surface area contributed by atoms with Crippen LogP contribution >= 0.6 is 11.8 Å². The number of aliphatic imine (C=N–C) groups is 1. The Morgan fingerprint density at radius 3 is 2.42 bits per heavy atom. The highest BCUT2D eigenvalue weighted by molar-refractivity contribution is 8.14. The van der Waals surface area contributed by atoms with E-state index >= 15 is 0 Å². The molecule has 0 aromatic rings. The molecule has 2 fully saturated rings. The van der Waals surface area contributed by atoms with Gasteiger partial charge >= 0.3 is 0 Å². The first-order valence-electron chi connectivity index (χ1n) is 7.65. The van der Waals surface area contributed by atoms with Crippen LogP contribution < -0.4 is 5.32 Å². The molecule has 0 radical (unpaired) electrons. The molecule has 4 heteroatoms. The molecule has 2 aliphatic heterocycles. The number of piperidine rings is 1. The number of rotatable bonds is 4. The van der Waals surface area contributed by atoms with Crippen LogP contribution in [0.25, 0.3) is 0 Å². The second-order valence-electron chi connectivity index (χ2n) is 6.64. The van der Waals surface area contributed by atoms with Gasteiger partial charge < -0.3 is 10.2 Å². The van der Waals surface area contributed by atoms with Crippen LogP contribution in [0.3, 0.4) is 0 Å². The summed E-state index contributed by atoms with van der Waals surface area (Å²) < 4.78 is 0. The fourth-order valence-electron chi connectivity index (χ4n) is 2.80. The van der Waals surface area contributed by atoms with E-state index in [0.717, 1.165) is 6.54 Å². The van der Waals surface area contributed by atoms with E-state index in [2.05, 4.69) is 38.0 Å². The lowest BCUT2D eigenvalue weighted by Crippen LogP contribution is -2.43. The molecular weight excluding hydrogens is 254 g/mol. The number of hydrogen-bond donors (Lipinski definition) is 1. The molecule has 2 rings (SSSR count). The van der Waals surface area contributed by atoms with E-state index in [4.69, 9.17) is 4.99 Å². The van der Waals surface area contributed by atoms with E-state index in [1.807, 2.05) is 11.8 Å². The summed E-state index contributed by atoms with van der Waals surface area (Å²) >= 11 is 1.91. The Hall–Kier alpha value is -0.220. The van der Waals surface area contributed by atoms with Gasteiger partial charge in [-0.15, -0.1) is 0 Å². The topological polar surface area (TPSA) is 27.6 Å². The number of likely N-dealkylation sites (tertiary alicyclic amines) is 1. The third-order valence-corrected chi connectivity index (χ3v) is 6.21. The molecule has 1 N–H and O–H groups in total. The quantitative estimate of drug-likeness (QED) is 0.859. The Balaban J connectivity index is 1.90. The summed E-state index contributed by atoms with van der Waals surface area (Å²) in [5.41, 5.74) is 0.711. The normalized spacial score (nSPS) is 28.5.